The molecule has 1 aromatic heterocycles. The minimum atomic E-state index is 0. The molecule has 0 aromatic carbocycles. The lowest BCUT2D eigenvalue weighted by Crippen LogP contribution is -2.40. The summed E-state index contributed by atoms with van der Waals surface area (Å²) in [7, 11) is 0. The number of amides is 1. The molecule has 5 nitrogen and oxygen atoms in total. The zero-order valence-corrected chi connectivity index (χ0v) is 18.7. The number of rotatable bonds is 7. The first-order chi connectivity index (χ1) is 11.5. The van der Waals surface area contributed by atoms with Crippen molar-refractivity contribution in [3.8, 4) is 0 Å². The molecule has 0 radical (unpaired) electrons. The highest BCUT2D eigenvalue weighted by Crippen LogP contribution is 2.27. The number of nitrogens with one attached hydrogen (secondary N) is 2. The number of likely N-dealkylation sites (tertiary alicyclic amines) is 1. The van der Waals surface area contributed by atoms with Gasteiger partial charge in [-0.1, -0.05) is 19.9 Å². The lowest BCUT2D eigenvalue weighted by atomic mass is 9.92. The van der Waals surface area contributed by atoms with E-state index in [9.17, 15) is 4.79 Å². The van der Waals surface area contributed by atoms with Crippen LogP contribution in [-0.2, 0) is 10.2 Å². The highest BCUT2D eigenvalue weighted by atomic mass is 127. The normalized spacial score (nSPS) is 15.0. The largest absolute Gasteiger partial charge is 0.357 e. The number of thiophene rings is 1. The predicted octanol–water partition coefficient (Wildman–Crippen LogP) is 3.21. The van der Waals surface area contributed by atoms with Gasteiger partial charge in [0, 0.05) is 42.9 Å². The molecule has 0 atom stereocenters. The minimum Gasteiger partial charge on any atom is -0.357 e. The van der Waals surface area contributed by atoms with E-state index in [1.165, 1.54) is 4.88 Å². The second-order valence-electron chi connectivity index (χ2n) is 6.82. The summed E-state index contributed by atoms with van der Waals surface area (Å²) in [6, 6.07) is 4.24. The molecule has 1 aliphatic rings. The van der Waals surface area contributed by atoms with E-state index in [-0.39, 0.29) is 35.3 Å². The maximum atomic E-state index is 12.1. The average molecular weight is 478 g/mol. The van der Waals surface area contributed by atoms with Gasteiger partial charge in [0.2, 0.25) is 5.91 Å². The van der Waals surface area contributed by atoms with Gasteiger partial charge in [-0.05, 0) is 31.2 Å². The van der Waals surface area contributed by atoms with Crippen molar-refractivity contribution in [2.24, 2.45) is 4.99 Å². The van der Waals surface area contributed by atoms with Gasteiger partial charge in [0.1, 0.15) is 0 Å². The minimum absolute atomic E-state index is 0. The molecule has 0 unspecified atom stereocenters. The summed E-state index contributed by atoms with van der Waals surface area (Å²) >= 11 is 1.77. The Kier molecular flexibility index (Phi) is 9.78. The predicted molar refractivity (Wildman–Crippen MR) is 117 cm³/mol. The van der Waals surface area contributed by atoms with Crippen LogP contribution in [0.2, 0.25) is 0 Å². The Labute approximate surface area is 172 Å². The molecular formula is C18H31IN4OS. The highest BCUT2D eigenvalue weighted by Gasteiger charge is 2.21. The SMILES string of the molecule is CCNC(=NCC(C)(C)c1cccs1)NCCC(=O)N1CCCC1.I. The molecule has 2 rings (SSSR count). The molecule has 1 aromatic rings. The molecule has 7 heteroatoms. The molecule has 2 N–H and O–H groups in total. The first kappa shape index (κ1) is 22.2. The highest BCUT2D eigenvalue weighted by molar-refractivity contribution is 14.0. The van der Waals surface area contributed by atoms with Crippen molar-refractivity contribution in [3.63, 3.8) is 0 Å². The third kappa shape index (κ3) is 7.13. The molecule has 1 amide bonds. The summed E-state index contributed by atoms with van der Waals surface area (Å²) in [6.45, 7) is 10.5. The van der Waals surface area contributed by atoms with Gasteiger partial charge in [0.25, 0.3) is 0 Å². The van der Waals surface area contributed by atoms with E-state index in [1.807, 2.05) is 4.90 Å². The summed E-state index contributed by atoms with van der Waals surface area (Å²) in [5.41, 5.74) is 0.0158. The summed E-state index contributed by atoms with van der Waals surface area (Å²) in [5.74, 6) is 1.03. The third-order valence-electron chi connectivity index (χ3n) is 4.25. The lowest BCUT2D eigenvalue weighted by Gasteiger charge is -2.22. The fraction of sp³-hybridized carbons (Fsp3) is 0.667. The summed E-state index contributed by atoms with van der Waals surface area (Å²) in [6.07, 6.45) is 2.81. The lowest BCUT2D eigenvalue weighted by molar-refractivity contribution is -0.129. The van der Waals surface area contributed by atoms with E-state index in [1.54, 1.807) is 11.3 Å². The van der Waals surface area contributed by atoms with Crippen LogP contribution in [0.4, 0.5) is 0 Å². The molecule has 1 saturated heterocycles. The second kappa shape index (κ2) is 11.0. The summed E-state index contributed by atoms with van der Waals surface area (Å²) in [4.78, 5) is 20.1. The topological polar surface area (TPSA) is 56.7 Å². The van der Waals surface area contributed by atoms with Crippen molar-refractivity contribution in [3.05, 3.63) is 22.4 Å². The number of carbonyl (C=O) groups excluding carboxylic acids is 1. The summed E-state index contributed by atoms with van der Waals surface area (Å²) < 4.78 is 0. The number of hydrogen-bond donors (Lipinski definition) is 2. The molecule has 0 bridgehead atoms. The van der Waals surface area contributed by atoms with Crippen LogP contribution in [0.1, 0.15) is 44.9 Å². The van der Waals surface area contributed by atoms with E-state index in [0.29, 0.717) is 19.5 Å². The Morgan fingerprint density at radius 3 is 2.64 bits per heavy atom. The second-order valence-corrected chi connectivity index (χ2v) is 7.77. The standard InChI is InChI=1S/C18H30N4OS.HI/c1-4-19-17(20-10-9-16(23)22-11-5-6-12-22)21-14-18(2,3)15-8-7-13-24-15;/h7-8,13H,4-6,9-12,14H2,1-3H3,(H2,19,20,21);1H. The Bertz CT molecular complexity index is 539. The summed E-state index contributed by atoms with van der Waals surface area (Å²) in [5, 5.41) is 8.65. The van der Waals surface area contributed by atoms with E-state index in [2.05, 4.69) is 48.9 Å². The van der Waals surface area contributed by atoms with Crippen LogP contribution in [0.15, 0.2) is 22.5 Å². The number of aliphatic imine (C=N–C) groups is 1. The number of hydrogen-bond acceptors (Lipinski definition) is 3. The number of carbonyl (C=O) groups is 1. The van der Waals surface area contributed by atoms with Gasteiger partial charge < -0.3 is 15.5 Å². The van der Waals surface area contributed by atoms with Crippen molar-refractivity contribution >= 4 is 47.2 Å². The van der Waals surface area contributed by atoms with E-state index < -0.39 is 0 Å². The smallest absolute Gasteiger partial charge is 0.224 e. The van der Waals surface area contributed by atoms with Crippen LogP contribution in [0.3, 0.4) is 0 Å². The quantitative estimate of drug-likeness (QED) is 0.360. The molecule has 0 saturated carbocycles. The van der Waals surface area contributed by atoms with Crippen LogP contribution >= 0.6 is 35.3 Å². The van der Waals surface area contributed by atoms with Crippen molar-refractivity contribution in [2.45, 2.75) is 45.4 Å². The Balaban J connectivity index is 0.00000312. The molecular weight excluding hydrogens is 447 g/mol. The maximum absolute atomic E-state index is 12.1. The molecule has 142 valence electrons. The van der Waals surface area contributed by atoms with Crippen molar-refractivity contribution in [1.82, 2.24) is 15.5 Å². The van der Waals surface area contributed by atoms with Crippen molar-refractivity contribution in [2.75, 3.05) is 32.7 Å². The average Bonchev–Trinajstić information content (AvgIpc) is 3.25. The number of nitrogens with zero attached hydrogens (tertiary/aromatic N) is 2. The Morgan fingerprint density at radius 2 is 2.04 bits per heavy atom. The first-order valence-corrected chi connectivity index (χ1v) is 9.75. The number of guanidine groups is 1. The van der Waals surface area contributed by atoms with Gasteiger partial charge in [0.05, 0.1) is 6.54 Å². The van der Waals surface area contributed by atoms with Crippen molar-refractivity contribution in [1.29, 1.82) is 0 Å². The van der Waals surface area contributed by atoms with E-state index in [4.69, 9.17) is 4.99 Å². The molecule has 2 heterocycles. The van der Waals surface area contributed by atoms with Crippen LogP contribution in [0.25, 0.3) is 0 Å². The van der Waals surface area contributed by atoms with Crippen LogP contribution < -0.4 is 10.6 Å². The molecule has 0 spiro atoms. The Morgan fingerprint density at radius 1 is 1.32 bits per heavy atom. The fourth-order valence-electron chi connectivity index (χ4n) is 2.77. The molecule has 1 fully saturated rings. The van der Waals surface area contributed by atoms with Gasteiger partial charge >= 0.3 is 0 Å². The van der Waals surface area contributed by atoms with Crippen LogP contribution in [-0.4, -0.2) is 49.5 Å². The van der Waals surface area contributed by atoms with Gasteiger partial charge in [-0.25, -0.2) is 0 Å². The van der Waals surface area contributed by atoms with Crippen LogP contribution in [0, 0.1) is 0 Å². The molecule has 1 aliphatic heterocycles. The van der Waals surface area contributed by atoms with Crippen LogP contribution in [0.5, 0.6) is 0 Å². The van der Waals surface area contributed by atoms with Gasteiger partial charge in [-0.2, -0.15) is 0 Å². The monoisotopic (exact) mass is 478 g/mol. The van der Waals surface area contributed by atoms with E-state index in [0.717, 1.165) is 38.4 Å². The fourth-order valence-corrected chi connectivity index (χ4v) is 3.62. The Hall–Kier alpha value is -0.830. The van der Waals surface area contributed by atoms with E-state index >= 15 is 0 Å². The zero-order chi connectivity index (χ0) is 17.4. The molecule has 25 heavy (non-hydrogen) atoms. The number of halogens is 1. The van der Waals surface area contributed by atoms with Gasteiger partial charge in [-0.15, -0.1) is 35.3 Å². The van der Waals surface area contributed by atoms with Gasteiger partial charge in [0.15, 0.2) is 5.96 Å². The zero-order valence-electron chi connectivity index (χ0n) is 15.5. The maximum Gasteiger partial charge on any atom is 0.224 e. The third-order valence-corrected chi connectivity index (χ3v) is 5.49. The van der Waals surface area contributed by atoms with Crippen molar-refractivity contribution < 1.29 is 4.79 Å². The first-order valence-electron chi connectivity index (χ1n) is 8.87. The van der Waals surface area contributed by atoms with Gasteiger partial charge in [-0.3, -0.25) is 9.79 Å². The molecule has 0 aliphatic carbocycles.